The van der Waals surface area contributed by atoms with Crippen LogP contribution < -0.4 is 0 Å². The van der Waals surface area contributed by atoms with Crippen molar-refractivity contribution in [2.75, 3.05) is 0 Å². The Morgan fingerprint density at radius 3 is 1.87 bits per heavy atom. The number of hydrogen-bond donors (Lipinski definition) is 0. The Bertz CT molecular complexity index is 2500. The first-order chi connectivity index (χ1) is 22.8. The summed E-state index contributed by atoms with van der Waals surface area (Å²) in [6, 6.07) is 54.1. The van der Waals surface area contributed by atoms with Gasteiger partial charge in [0.25, 0.3) is 0 Å². The van der Waals surface area contributed by atoms with Gasteiger partial charge < -0.3 is 8.98 Å². The van der Waals surface area contributed by atoms with Crippen LogP contribution in [0.1, 0.15) is 0 Å². The maximum atomic E-state index is 6.25. The zero-order valence-electron chi connectivity index (χ0n) is 24.7. The van der Waals surface area contributed by atoms with E-state index < -0.39 is 0 Å². The van der Waals surface area contributed by atoms with Gasteiger partial charge in [0.05, 0.1) is 11.0 Å². The Labute approximate surface area is 265 Å². The molecule has 9 aromatic rings. The summed E-state index contributed by atoms with van der Waals surface area (Å²) in [5.41, 5.74) is 8.23. The molecular weight excluding hydrogens is 564 g/mol. The van der Waals surface area contributed by atoms with Crippen molar-refractivity contribution < 1.29 is 4.42 Å². The molecule has 0 atom stereocenters. The molecule has 0 unspecified atom stereocenters. The van der Waals surface area contributed by atoms with Crippen molar-refractivity contribution in [1.82, 2.24) is 19.5 Å². The summed E-state index contributed by atoms with van der Waals surface area (Å²) in [4.78, 5) is 15.0. The third-order valence-corrected chi connectivity index (χ3v) is 8.45. The largest absolute Gasteiger partial charge is 0.453 e. The minimum Gasteiger partial charge on any atom is -0.453 e. The van der Waals surface area contributed by atoms with Crippen molar-refractivity contribution in [3.05, 3.63) is 158 Å². The number of fused-ring (bicyclic) bond motifs is 4. The van der Waals surface area contributed by atoms with Gasteiger partial charge in [-0.2, -0.15) is 0 Å². The number of hydrogen-bond acceptors (Lipinski definition) is 4. The van der Waals surface area contributed by atoms with Crippen molar-refractivity contribution in [3.63, 3.8) is 0 Å². The molecule has 0 N–H and O–H groups in total. The summed E-state index contributed by atoms with van der Waals surface area (Å²) in [5.74, 6) is 2.27. The van der Waals surface area contributed by atoms with E-state index >= 15 is 0 Å². The molecule has 0 aliphatic rings. The molecule has 0 saturated heterocycles. The minimum atomic E-state index is 0.494. The van der Waals surface area contributed by atoms with Gasteiger partial charge in [-0.1, -0.05) is 103 Å². The number of nitrogens with zero attached hydrogens (tertiary/aromatic N) is 4. The first-order valence-electron chi connectivity index (χ1n) is 15.3. The highest BCUT2D eigenvalue weighted by molar-refractivity contribution is 6.10. The molecule has 0 spiro atoms. The normalized spacial score (nSPS) is 11.5. The molecule has 9 rings (SSSR count). The molecule has 0 aliphatic heterocycles. The number of aromatic nitrogens is 4. The lowest BCUT2D eigenvalue weighted by atomic mass is 10.0. The van der Waals surface area contributed by atoms with Crippen LogP contribution in [0, 0.1) is 0 Å². The molecule has 5 heteroatoms. The summed E-state index contributed by atoms with van der Waals surface area (Å²) in [5, 5.41) is 3.31. The van der Waals surface area contributed by atoms with Crippen LogP contribution in [0.2, 0.25) is 0 Å². The van der Waals surface area contributed by atoms with E-state index in [0.29, 0.717) is 23.2 Å². The van der Waals surface area contributed by atoms with Gasteiger partial charge in [0.1, 0.15) is 5.58 Å². The summed E-state index contributed by atoms with van der Waals surface area (Å²) in [7, 11) is 0. The van der Waals surface area contributed by atoms with Crippen LogP contribution in [0.15, 0.2) is 162 Å². The fourth-order valence-corrected chi connectivity index (χ4v) is 6.27. The predicted octanol–water partition coefficient (Wildman–Crippen LogP) is 10.4. The Balaban J connectivity index is 1.25. The molecule has 5 nitrogen and oxygen atoms in total. The average Bonchev–Trinajstić information content (AvgIpc) is 3.72. The fourth-order valence-electron chi connectivity index (χ4n) is 6.27. The van der Waals surface area contributed by atoms with E-state index in [-0.39, 0.29) is 0 Å². The Hall–Kier alpha value is -6.33. The second-order valence-electron chi connectivity index (χ2n) is 11.3. The SMILES string of the molecule is c1ccc(-c2cccc(-c3nc(-c4ccc5c(c4)c4ccccc4n5-c4ccccc4)nc(-c4cc5ccccc5o4)n3)c2)cc1. The lowest BCUT2D eigenvalue weighted by Crippen LogP contribution is -2.00. The second kappa shape index (κ2) is 10.7. The molecule has 0 radical (unpaired) electrons. The van der Waals surface area contributed by atoms with Gasteiger partial charge in [-0.05, 0) is 65.7 Å². The van der Waals surface area contributed by atoms with E-state index in [1.807, 2.05) is 66.7 Å². The Kier molecular flexibility index (Phi) is 6.06. The monoisotopic (exact) mass is 590 g/mol. The highest BCUT2D eigenvalue weighted by Gasteiger charge is 2.18. The molecule has 46 heavy (non-hydrogen) atoms. The summed E-state index contributed by atoms with van der Waals surface area (Å²) >= 11 is 0. The highest BCUT2D eigenvalue weighted by Crippen LogP contribution is 2.36. The van der Waals surface area contributed by atoms with E-state index in [2.05, 4.69) is 95.6 Å². The van der Waals surface area contributed by atoms with Crippen LogP contribution in [0.4, 0.5) is 0 Å². The first kappa shape index (κ1) is 26.1. The topological polar surface area (TPSA) is 56.7 Å². The fraction of sp³-hybridized carbons (Fsp3) is 0. The highest BCUT2D eigenvalue weighted by atomic mass is 16.3. The Morgan fingerprint density at radius 2 is 1.04 bits per heavy atom. The first-order valence-corrected chi connectivity index (χ1v) is 15.3. The summed E-state index contributed by atoms with van der Waals surface area (Å²) in [6.07, 6.45) is 0. The van der Waals surface area contributed by atoms with Crippen molar-refractivity contribution in [1.29, 1.82) is 0 Å². The molecule has 0 aliphatic carbocycles. The quantitative estimate of drug-likeness (QED) is 0.200. The number of furan rings is 1. The zero-order chi connectivity index (χ0) is 30.5. The second-order valence-corrected chi connectivity index (χ2v) is 11.3. The van der Waals surface area contributed by atoms with E-state index in [4.69, 9.17) is 19.4 Å². The molecule has 0 fully saturated rings. The molecule has 0 saturated carbocycles. The standard InChI is InChI=1S/C41H26N4O/c1-3-12-27(13-4-1)28-15-11-16-30(24-28)39-42-40(44-41(43-39)38-26-29-14-7-10-21-37(29)46-38)31-22-23-36-34(25-31)33-19-8-9-20-35(33)45(36)32-17-5-2-6-18-32/h1-26H. The van der Waals surface area contributed by atoms with Crippen molar-refractivity contribution in [2.45, 2.75) is 0 Å². The van der Waals surface area contributed by atoms with Crippen LogP contribution in [0.25, 0.3) is 83.9 Å². The maximum Gasteiger partial charge on any atom is 0.199 e. The molecule has 216 valence electrons. The van der Waals surface area contributed by atoms with Crippen LogP contribution in [-0.4, -0.2) is 19.5 Å². The van der Waals surface area contributed by atoms with E-state index in [1.54, 1.807) is 0 Å². The third kappa shape index (κ3) is 4.45. The number of para-hydroxylation sites is 3. The van der Waals surface area contributed by atoms with Gasteiger partial charge in [-0.15, -0.1) is 0 Å². The van der Waals surface area contributed by atoms with Crippen molar-refractivity contribution >= 4 is 32.8 Å². The molecule has 3 aromatic heterocycles. The van der Waals surface area contributed by atoms with Crippen LogP contribution in [-0.2, 0) is 0 Å². The van der Waals surface area contributed by atoms with Gasteiger partial charge >= 0.3 is 0 Å². The van der Waals surface area contributed by atoms with Crippen molar-refractivity contribution in [2.24, 2.45) is 0 Å². The van der Waals surface area contributed by atoms with E-state index in [9.17, 15) is 0 Å². The van der Waals surface area contributed by atoms with Crippen LogP contribution in [0.3, 0.4) is 0 Å². The number of benzene rings is 6. The zero-order valence-corrected chi connectivity index (χ0v) is 24.7. The van der Waals surface area contributed by atoms with Gasteiger partial charge in [0.15, 0.2) is 23.2 Å². The van der Waals surface area contributed by atoms with E-state index in [1.165, 1.54) is 5.39 Å². The third-order valence-electron chi connectivity index (χ3n) is 8.45. The van der Waals surface area contributed by atoms with Crippen LogP contribution in [0.5, 0.6) is 0 Å². The molecule has 0 bridgehead atoms. The molecule has 6 aromatic carbocycles. The number of rotatable bonds is 5. The smallest absolute Gasteiger partial charge is 0.199 e. The summed E-state index contributed by atoms with van der Waals surface area (Å²) < 4.78 is 8.56. The lowest BCUT2D eigenvalue weighted by molar-refractivity contribution is 0.625. The van der Waals surface area contributed by atoms with Gasteiger partial charge in [-0.3, -0.25) is 0 Å². The lowest BCUT2D eigenvalue weighted by Gasteiger charge is -2.10. The molecular formula is C41H26N4O. The van der Waals surface area contributed by atoms with Crippen molar-refractivity contribution in [3.8, 4) is 51.2 Å². The Morgan fingerprint density at radius 1 is 0.413 bits per heavy atom. The molecule has 0 amide bonds. The molecule has 3 heterocycles. The maximum absolute atomic E-state index is 6.25. The van der Waals surface area contributed by atoms with E-state index in [0.717, 1.165) is 55.3 Å². The van der Waals surface area contributed by atoms with Gasteiger partial charge in [-0.25, -0.2) is 15.0 Å². The minimum absolute atomic E-state index is 0.494. The van der Waals surface area contributed by atoms with Gasteiger partial charge in [0, 0.05) is 33.0 Å². The van der Waals surface area contributed by atoms with Crippen LogP contribution >= 0.6 is 0 Å². The predicted molar refractivity (Wildman–Crippen MR) is 186 cm³/mol. The average molecular weight is 591 g/mol. The van der Waals surface area contributed by atoms with Gasteiger partial charge in [0.2, 0.25) is 0 Å². The summed E-state index contributed by atoms with van der Waals surface area (Å²) in [6.45, 7) is 0.